The summed E-state index contributed by atoms with van der Waals surface area (Å²) in [5, 5.41) is 2.86. The highest BCUT2D eigenvalue weighted by Crippen LogP contribution is 2.64. The predicted molar refractivity (Wildman–Crippen MR) is 90.1 cm³/mol. The van der Waals surface area contributed by atoms with Gasteiger partial charge in [0.05, 0.1) is 0 Å². The van der Waals surface area contributed by atoms with Gasteiger partial charge in [-0.25, -0.2) is 4.79 Å². The van der Waals surface area contributed by atoms with Crippen LogP contribution in [-0.2, 0) is 4.74 Å². The fourth-order valence-corrected chi connectivity index (χ4v) is 3.23. The van der Waals surface area contributed by atoms with Gasteiger partial charge < -0.3 is 10.5 Å². The first kappa shape index (κ1) is 16.8. The second-order valence-electron chi connectivity index (χ2n) is 7.84. The molecule has 0 radical (unpaired) electrons. The molecular weight excluding hydrogens is 276 g/mol. The van der Waals surface area contributed by atoms with Crippen LogP contribution in [0.5, 0.6) is 0 Å². The molecule has 1 fully saturated rings. The Morgan fingerprint density at radius 1 is 1.36 bits per heavy atom. The van der Waals surface area contributed by atoms with Gasteiger partial charge in [-0.15, -0.1) is 0 Å². The first-order valence-corrected chi connectivity index (χ1v) is 7.87. The van der Waals surface area contributed by atoms with Crippen LogP contribution in [0.1, 0.15) is 51.7 Å². The fraction of sp³-hybridized carbons (Fsp3) is 0.611. The lowest BCUT2D eigenvalue weighted by Crippen LogP contribution is -2.27. The number of hydrogen-bond donors (Lipinski definition) is 2. The summed E-state index contributed by atoms with van der Waals surface area (Å²) in [5.41, 5.74) is 8.66. The molecule has 1 aromatic rings. The number of nitrogens with one attached hydrogen (secondary N) is 1. The minimum atomic E-state index is -0.501. The number of hydrogen-bond acceptors (Lipinski definition) is 3. The smallest absolute Gasteiger partial charge is 0.412 e. The number of anilines is 1. The van der Waals surface area contributed by atoms with Gasteiger partial charge in [0.1, 0.15) is 5.60 Å². The van der Waals surface area contributed by atoms with Crippen molar-refractivity contribution in [3.63, 3.8) is 0 Å². The lowest BCUT2D eigenvalue weighted by molar-refractivity contribution is 0.0636. The van der Waals surface area contributed by atoms with E-state index in [1.54, 1.807) is 0 Å². The molecule has 1 amide bonds. The molecule has 2 atom stereocenters. The first-order chi connectivity index (χ1) is 10.1. The molecule has 1 aliphatic rings. The molecule has 0 saturated heterocycles. The van der Waals surface area contributed by atoms with E-state index < -0.39 is 11.7 Å². The zero-order valence-electron chi connectivity index (χ0n) is 14.5. The Hall–Kier alpha value is -1.55. The fourth-order valence-electron chi connectivity index (χ4n) is 3.23. The van der Waals surface area contributed by atoms with Crippen LogP contribution < -0.4 is 11.1 Å². The number of rotatable bonds is 3. The molecule has 0 spiro atoms. The molecule has 4 heteroatoms. The Morgan fingerprint density at radius 3 is 2.50 bits per heavy atom. The molecule has 0 heterocycles. The van der Waals surface area contributed by atoms with E-state index in [2.05, 4.69) is 31.3 Å². The Balaban J connectivity index is 2.17. The summed E-state index contributed by atoms with van der Waals surface area (Å²) < 4.78 is 5.33. The lowest BCUT2D eigenvalue weighted by Gasteiger charge is -2.20. The molecule has 4 nitrogen and oxygen atoms in total. The van der Waals surface area contributed by atoms with Gasteiger partial charge in [0.2, 0.25) is 0 Å². The second kappa shape index (κ2) is 5.58. The van der Waals surface area contributed by atoms with Gasteiger partial charge in [0.25, 0.3) is 0 Å². The number of carbonyl (C=O) groups excluding carboxylic acids is 1. The third-order valence-corrected chi connectivity index (χ3v) is 4.56. The summed E-state index contributed by atoms with van der Waals surface area (Å²) in [7, 11) is 0. The van der Waals surface area contributed by atoms with Gasteiger partial charge in [-0.05, 0) is 68.7 Å². The molecule has 0 aromatic heterocycles. The van der Waals surface area contributed by atoms with Crippen LogP contribution in [0, 0.1) is 18.3 Å². The summed E-state index contributed by atoms with van der Waals surface area (Å²) in [6, 6.07) is 6.24. The highest BCUT2D eigenvalue weighted by atomic mass is 16.6. The molecule has 0 bridgehead atoms. The maximum atomic E-state index is 12.0. The third kappa shape index (κ3) is 3.43. The van der Waals surface area contributed by atoms with Crippen molar-refractivity contribution < 1.29 is 9.53 Å². The molecule has 2 rings (SSSR count). The van der Waals surface area contributed by atoms with Gasteiger partial charge in [-0.1, -0.05) is 26.0 Å². The molecule has 122 valence electrons. The van der Waals surface area contributed by atoms with Crippen molar-refractivity contribution in [2.75, 3.05) is 11.9 Å². The van der Waals surface area contributed by atoms with Gasteiger partial charge in [0, 0.05) is 5.69 Å². The number of amides is 1. The molecule has 22 heavy (non-hydrogen) atoms. The van der Waals surface area contributed by atoms with Crippen molar-refractivity contribution in [3.05, 3.63) is 29.3 Å². The van der Waals surface area contributed by atoms with Crippen molar-refractivity contribution in [1.29, 1.82) is 0 Å². The van der Waals surface area contributed by atoms with Crippen LogP contribution in [0.4, 0.5) is 10.5 Å². The molecular formula is C18H28N2O2. The van der Waals surface area contributed by atoms with Gasteiger partial charge in [0.15, 0.2) is 0 Å². The molecule has 1 saturated carbocycles. The zero-order chi connectivity index (χ0) is 16.7. The summed E-state index contributed by atoms with van der Waals surface area (Å²) in [4.78, 5) is 12.0. The highest BCUT2D eigenvalue weighted by molar-refractivity contribution is 5.86. The standard InChI is InChI=1S/C18H28N2O2/c1-11-7-8-12(15-13(10-19)18(15,5)6)9-14(11)20-16(21)22-17(2,3)4/h7-9,13,15H,10,19H2,1-6H3,(H,20,21). The number of ether oxygens (including phenoxy) is 1. The van der Waals surface area contributed by atoms with Crippen LogP contribution in [0.15, 0.2) is 18.2 Å². The van der Waals surface area contributed by atoms with E-state index in [1.807, 2.05) is 33.8 Å². The largest absolute Gasteiger partial charge is 0.444 e. The highest BCUT2D eigenvalue weighted by Gasteiger charge is 2.57. The number of nitrogens with two attached hydrogens (primary N) is 1. The van der Waals surface area contributed by atoms with Crippen molar-refractivity contribution in [2.45, 2.75) is 53.1 Å². The molecule has 1 aliphatic carbocycles. The summed E-state index contributed by atoms with van der Waals surface area (Å²) in [6.45, 7) is 12.7. The normalized spacial score (nSPS) is 23.0. The second-order valence-corrected chi connectivity index (χ2v) is 7.84. The van der Waals surface area contributed by atoms with Crippen molar-refractivity contribution >= 4 is 11.8 Å². The van der Waals surface area contributed by atoms with Crippen LogP contribution in [-0.4, -0.2) is 18.2 Å². The van der Waals surface area contributed by atoms with Crippen LogP contribution in [0.3, 0.4) is 0 Å². The maximum Gasteiger partial charge on any atom is 0.412 e. The van der Waals surface area contributed by atoms with Crippen LogP contribution in [0.25, 0.3) is 0 Å². The van der Waals surface area contributed by atoms with Crippen LogP contribution >= 0.6 is 0 Å². The third-order valence-electron chi connectivity index (χ3n) is 4.56. The summed E-state index contributed by atoms with van der Waals surface area (Å²) in [5.74, 6) is 0.960. The average Bonchev–Trinajstić information content (AvgIpc) is 2.91. The van der Waals surface area contributed by atoms with E-state index >= 15 is 0 Å². The Kier molecular flexibility index (Phi) is 4.26. The van der Waals surface area contributed by atoms with E-state index in [0.29, 0.717) is 18.4 Å². The predicted octanol–water partition coefficient (Wildman–Crippen LogP) is 4.04. The van der Waals surface area contributed by atoms with E-state index in [0.717, 1.165) is 11.3 Å². The van der Waals surface area contributed by atoms with Crippen molar-refractivity contribution in [3.8, 4) is 0 Å². The number of carbonyl (C=O) groups is 1. The summed E-state index contributed by atoms with van der Waals surface area (Å²) in [6.07, 6.45) is -0.418. The van der Waals surface area contributed by atoms with E-state index in [9.17, 15) is 4.79 Å². The SMILES string of the molecule is Cc1ccc(C2C(CN)C2(C)C)cc1NC(=O)OC(C)(C)C. The van der Waals surface area contributed by atoms with E-state index in [1.165, 1.54) is 5.56 Å². The zero-order valence-corrected chi connectivity index (χ0v) is 14.5. The molecule has 2 unspecified atom stereocenters. The van der Waals surface area contributed by atoms with Crippen LogP contribution in [0.2, 0.25) is 0 Å². The van der Waals surface area contributed by atoms with Gasteiger partial charge in [-0.2, -0.15) is 0 Å². The monoisotopic (exact) mass is 304 g/mol. The minimum absolute atomic E-state index is 0.229. The molecule has 1 aromatic carbocycles. The van der Waals surface area contributed by atoms with Crippen molar-refractivity contribution in [2.24, 2.45) is 17.1 Å². The minimum Gasteiger partial charge on any atom is -0.444 e. The molecule has 0 aliphatic heterocycles. The maximum absolute atomic E-state index is 12.0. The number of benzene rings is 1. The topological polar surface area (TPSA) is 64.3 Å². The van der Waals surface area contributed by atoms with Gasteiger partial charge >= 0.3 is 6.09 Å². The summed E-state index contributed by atoms with van der Waals surface area (Å²) >= 11 is 0. The molecule has 3 N–H and O–H groups in total. The number of aryl methyl sites for hydroxylation is 1. The van der Waals surface area contributed by atoms with E-state index in [4.69, 9.17) is 10.5 Å². The Morgan fingerprint density at radius 2 is 2.00 bits per heavy atom. The average molecular weight is 304 g/mol. The lowest BCUT2D eigenvalue weighted by atomic mass is 10.0. The van der Waals surface area contributed by atoms with Gasteiger partial charge in [-0.3, -0.25) is 5.32 Å². The van der Waals surface area contributed by atoms with Crippen molar-refractivity contribution in [1.82, 2.24) is 0 Å². The first-order valence-electron chi connectivity index (χ1n) is 7.87. The van der Waals surface area contributed by atoms with E-state index in [-0.39, 0.29) is 5.41 Å². The quantitative estimate of drug-likeness (QED) is 0.885. The Labute approximate surface area is 133 Å². The Bertz CT molecular complexity index is 573.